The quantitative estimate of drug-likeness (QED) is 0.568. The van der Waals surface area contributed by atoms with Gasteiger partial charge in [0, 0.05) is 24.2 Å². The second-order valence-corrected chi connectivity index (χ2v) is 12.1. The SMILES string of the molecule is CC1C(c2ccccc2)Oc2ccc(Cl)cc2S(=O)(=O)N1CC1CCCN1C(=O)OC(C)(C)C. The third-order valence-corrected chi connectivity index (χ3v) is 8.37. The van der Waals surface area contributed by atoms with E-state index in [0.717, 1.165) is 12.0 Å². The van der Waals surface area contributed by atoms with Gasteiger partial charge in [-0.25, -0.2) is 13.2 Å². The number of hydrogen-bond donors (Lipinski definition) is 0. The normalized spacial score (nSPS) is 24.7. The highest BCUT2D eigenvalue weighted by Crippen LogP contribution is 2.40. The van der Waals surface area contributed by atoms with Crippen molar-refractivity contribution in [3.05, 3.63) is 59.1 Å². The molecule has 184 valence electrons. The molecule has 2 aliphatic heterocycles. The van der Waals surface area contributed by atoms with E-state index in [4.69, 9.17) is 21.1 Å². The minimum atomic E-state index is -3.96. The maximum absolute atomic E-state index is 13.9. The van der Waals surface area contributed by atoms with Crippen LogP contribution in [0.5, 0.6) is 5.75 Å². The van der Waals surface area contributed by atoms with E-state index < -0.39 is 33.9 Å². The van der Waals surface area contributed by atoms with Crippen molar-refractivity contribution < 1.29 is 22.7 Å². The first-order valence-electron chi connectivity index (χ1n) is 11.5. The highest BCUT2D eigenvalue weighted by atomic mass is 35.5. The summed E-state index contributed by atoms with van der Waals surface area (Å²) in [6, 6.07) is 13.4. The Hall–Kier alpha value is -2.29. The lowest BCUT2D eigenvalue weighted by atomic mass is 10.0. The molecule has 3 atom stereocenters. The molecule has 7 nitrogen and oxygen atoms in total. The number of fused-ring (bicyclic) bond motifs is 1. The number of likely N-dealkylation sites (tertiary alicyclic amines) is 1. The Morgan fingerprint density at radius 1 is 1.18 bits per heavy atom. The molecule has 1 fully saturated rings. The predicted octanol–water partition coefficient (Wildman–Crippen LogP) is 5.25. The monoisotopic (exact) mass is 506 g/mol. The van der Waals surface area contributed by atoms with Crippen LogP contribution in [0, 0.1) is 0 Å². The molecule has 2 aromatic carbocycles. The molecule has 0 saturated carbocycles. The Balaban J connectivity index is 1.72. The van der Waals surface area contributed by atoms with E-state index in [1.54, 1.807) is 17.0 Å². The Morgan fingerprint density at radius 3 is 2.56 bits per heavy atom. The number of amides is 1. The van der Waals surface area contributed by atoms with Gasteiger partial charge in [0.2, 0.25) is 10.0 Å². The zero-order valence-electron chi connectivity index (χ0n) is 19.9. The van der Waals surface area contributed by atoms with Gasteiger partial charge in [-0.1, -0.05) is 41.9 Å². The molecular weight excluding hydrogens is 476 g/mol. The fourth-order valence-electron chi connectivity index (χ4n) is 4.56. The van der Waals surface area contributed by atoms with E-state index in [0.29, 0.717) is 18.0 Å². The van der Waals surface area contributed by atoms with Gasteiger partial charge in [0.05, 0.1) is 6.04 Å². The Kier molecular flexibility index (Phi) is 6.86. The van der Waals surface area contributed by atoms with Gasteiger partial charge in [-0.2, -0.15) is 4.31 Å². The van der Waals surface area contributed by atoms with Gasteiger partial charge in [0.1, 0.15) is 22.4 Å². The van der Waals surface area contributed by atoms with Crippen molar-refractivity contribution in [2.45, 2.75) is 69.2 Å². The van der Waals surface area contributed by atoms with Crippen molar-refractivity contribution in [1.82, 2.24) is 9.21 Å². The predicted molar refractivity (Wildman–Crippen MR) is 131 cm³/mol. The zero-order chi connectivity index (χ0) is 24.7. The van der Waals surface area contributed by atoms with Crippen LogP contribution in [-0.4, -0.2) is 54.5 Å². The van der Waals surface area contributed by atoms with E-state index >= 15 is 0 Å². The lowest BCUT2D eigenvalue weighted by molar-refractivity contribution is 0.0197. The summed E-state index contributed by atoms with van der Waals surface area (Å²) in [5.41, 5.74) is 0.238. The van der Waals surface area contributed by atoms with Crippen molar-refractivity contribution >= 4 is 27.7 Å². The summed E-state index contributed by atoms with van der Waals surface area (Å²) in [7, 11) is -3.96. The summed E-state index contributed by atoms with van der Waals surface area (Å²) in [5, 5.41) is 0.313. The third-order valence-electron chi connectivity index (χ3n) is 6.16. The number of carbonyl (C=O) groups excluding carboxylic acids is 1. The number of halogens is 1. The van der Waals surface area contributed by atoms with Crippen LogP contribution in [0.2, 0.25) is 5.02 Å². The largest absolute Gasteiger partial charge is 0.483 e. The number of carbonyl (C=O) groups is 1. The molecule has 2 aromatic rings. The molecule has 0 spiro atoms. The second kappa shape index (κ2) is 9.40. The van der Waals surface area contributed by atoms with E-state index in [-0.39, 0.29) is 23.2 Å². The van der Waals surface area contributed by atoms with Crippen LogP contribution in [0.15, 0.2) is 53.4 Å². The lowest BCUT2D eigenvalue weighted by Gasteiger charge is -2.35. The summed E-state index contributed by atoms with van der Waals surface area (Å²) in [5.74, 6) is 0.267. The summed E-state index contributed by atoms with van der Waals surface area (Å²) >= 11 is 6.18. The van der Waals surface area contributed by atoms with E-state index in [1.807, 2.05) is 58.0 Å². The molecule has 2 heterocycles. The van der Waals surface area contributed by atoms with Crippen molar-refractivity contribution in [3.8, 4) is 5.75 Å². The van der Waals surface area contributed by atoms with Gasteiger partial charge in [0.25, 0.3) is 0 Å². The first-order chi connectivity index (χ1) is 16.0. The van der Waals surface area contributed by atoms with Gasteiger partial charge in [-0.15, -0.1) is 0 Å². The summed E-state index contributed by atoms with van der Waals surface area (Å²) in [4.78, 5) is 14.5. The number of ether oxygens (including phenoxy) is 2. The number of rotatable bonds is 3. The standard InChI is InChI=1S/C25H31ClN2O5S/c1-17-23(18-9-6-5-7-10-18)32-21-13-12-19(26)15-22(21)34(30,31)28(17)16-20-11-8-14-27(20)24(29)33-25(2,3)4/h5-7,9-10,12-13,15,17,20,23H,8,11,14,16H2,1-4H3. The number of hydrogen-bond acceptors (Lipinski definition) is 5. The van der Waals surface area contributed by atoms with Gasteiger partial charge < -0.3 is 14.4 Å². The summed E-state index contributed by atoms with van der Waals surface area (Å²) < 4.78 is 41.2. The Labute approximate surface area is 206 Å². The van der Waals surface area contributed by atoms with Crippen LogP contribution in [0.1, 0.15) is 52.2 Å². The molecule has 2 aliphatic rings. The molecule has 4 rings (SSSR count). The van der Waals surface area contributed by atoms with Gasteiger partial charge >= 0.3 is 6.09 Å². The molecule has 9 heteroatoms. The van der Waals surface area contributed by atoms with Gasteiger partial charge in [-0.3, -0.25) is 0 Å². The maximum Gasteiger partial charge on any atom is 0.410 e. The minimum Gasteiger partial charge on any atom is -0.483 e. The first kappa shape index (κ1) is 24.8. The van der Waals surface area contributed by atoms with Crippen molar-refractivity contribution in [2.75, 3.05) is 13.1 Å². The lowest BCUT2D eigenvalue weighted by Crippen LogP contribution is -2.50. The van der Waals surface area contributed by atoms with Gasteiger partial charge in [0.15, 0.2) is 0 Å². The molecular formula is C25H31ClN2O5S. The third kappa shape index (κ3) is 5.04. The van der Waals surface area contributed by atoms with Crippen LogP contribution < -0.4 is 4.74 Å². The summed E-state index contributed by atoms with van der Waals surface area (Å²) in [6.45, 7) is 7.97. The molecule has 1 saturated heterocycles. The van der Waals surface area contributed by atoms with Crippen LogP contribution in [0.25, 0.3) is 0 Å². The Morgan fingerprint density at radius 2 is 1.88 bits per heavy atom. The number of benzene rings is 2. The smallest absolute Gasteiger partial charge is 0.410 e. The maximum atomic E-state index is 13.9. The van der Waals surface area contributed by atoms with Crippen LogP contribution in [0.3, 0.4) is 0 Å². The van der Waals surface area contributed by atoms with E-state index in [2.05, 4.69) is 0 Å². The molecule has 0 aromatic heterocycles. The average molecular weight is 507 g/mol. The molecule has 0 aliphatic carbocycles. The van der Waals surface area contributed by atoms with Crippen LogP contribution >= 0.6 is 11.6 Å². The molecule has 34 heavy (non-hydrogen) atoms. The molecule has 3 unspecified atom stereocenters. The minimum absolute atomic E-state index is 0.0343. The summed E-state index contributed by atoms with van der Waals surface area (Å²) in [6.07, 6.45) is 0.522. The molecule has 1 amide bonds. The van der Waals surface area contributed by atoms with Crippen LogP contribution in [-0.2, 0) is 14.8 Å². The van der Waals surface area contributed by atoms with Crippen LogP contribution in [0.4, 0.5) is 4.79 Å². The fraction of sp³-hybridized carbons (Fsp3) is 0.480. The highest BCUT2D eigenvalue weighted by molar-refractivity contribution is 7.89. The van der Waals surface area contributed by atoms with Crippen molar-refractivity contribution in [3.63, 3.8) is 0 Å². The molecule has 0 radical (unpaired) electrons. The Bertz CT molecular complexity index is 1150. The molecule has 0 bridgehead atoms. The average Bonchev–Trinajstić information content (AvgIpc) is 3.21. The molecule has 0 N–H and O–H groups in total. The highest BCUT2D eigenvalue weighted by Gasteiger charge is 2.44. The second-order valence-electron chi connectivity index (χ2n) is 9.83. The zero-order valence-corrected chi connectivity index (χ0v) is 21.5. The topological polar surface area (TPSA) is 76.2 Å². The van der Waals surface area contributed by atoms with Crippen molar-refractivity contribution in [2.24, 2.45) is 0 Å². The van der Waals surface area contributed by atoms with E-state index in [1.165, 1.54) is 10.4 Å². The number of nitrogens with zero attached hydrogens (tertiary/aromatic N) is 2. The van der Waals surface area contributed by atoms with E-state index in [9.17, 15) is 13.2 Å². The first-order valence-corrected chi connectivity index (χ1v) is 13.3. The van der Waals surface area contributed by atoms with Gasteiger partial charge in [-0.05, 0) is 64.3 Å². The fourth-order valence-corrected chi connectivity index (χ4v) is 6.61. The number of sulfonamides is 1. The van der Waals surface area contributed by atoms with Crippen molar-refractivity contribution in [1.29, 1.82) is 0 Å².